The van der Waals surface area contributed by atoms with Gasteiger partial charge in [0.2, 0.25) is 10.0 Å². The fourth-order valence-electron chi connectivity index (χ4n) is 2.96. The molecule has 0 atom stereocenters. The van der Waals surface area contributed by atoms with Crippen molar-refractivity contribution in [3.8, 4) is 17.0 Å². The zero-order chi connectivity index (χ0) is 19.1. The van der Waals surface area contributed by atoms with Crippen molar-refractivity contribution in [2.24, 2.45) is 5.14 Å². The maximum Gasteiger partial charge on any atom is 0.241 e. The maximum absolute atomic E-state index is 12.1. The lowest BCUT2D eigenvalue weighted by atomic mass is 10.0. The van der Waals surface area contributed by atoms with Crippen molar-refractivity contribution in [3.05, 3.63) is 40.4 Å². The Morgan fingerprint density at radius 1 is 1.23 bits per heavy atom. The molecule has 0 fully saturated rings. The van der Waals surface area contributed by atoms with Gasteiger partial charge in [-0.2, -0.15) is 0 Å². The predicted octanol–water partition coefficient (Wildman–Crippen LogP) is 3.93. The van der Waals surface area contributed by atoms with Gasteiger partial charge in [-0.05, 0) is 42.2 Å². The third kappa shape index (κ3) is 3.06. The van der Waals surface area contributed by atoms with E-state index < -0.39 is 10.0 Å². The first kappa shape index (κ1) is 18.7. The zero-order valence-electron chi connectivity index (χ0n) is 14.7. The molecule has 26 heavy (non-hydrogen) atoms. The molecule has 138 valence electrons. The number of hydrogen-bond acceptors (Lipinski definition) is 5. The van der Waals surface area contributed by atoms with Gasteiger partial charge < -0.3 is 9.26 Å². The van der Waals surface area contributed by atoms with Gasteiger partial charge in [-0.1, -0.05) is 36.7 Å². The van der Waals surface area contributed by atoms with E-state index in [1.807, 2.05) is 26.0 Å². The Bertz CT molecular complexity index is 1090. The maximum atomic E-state index is 12.1. The Kier molecular flexibility index (Phi) is 4.96. The minimum absolute atomic E-state index is 0.0896. The van der Waals surface area contributed by atoms with E-state index in [0.29, 0.717) is 33.7 Å². The lowest BCUT2D eigenvalue weighted by molar-refractivity contribution is 0.403. The molecule has 0 aliphatic heterocycles. The molecule has 2 aromatic carbocycles. The topological polar surface area (TPSA) is 95.4 Å². The van der Waals surface area contributed by atoms with Crippen LogP contribution in [0, 0.1) is 0 Å². The third-order valence-corrected chi connectivity index (χ3v) is 5.67. The van der Waals surface area contributed by atoms with Crippen molar-refractivity contribution < 1.29 is 17.7 Å². The average Bonchev–Trinajstić information content (AvgIpc) is 3.04. The second kappa shape index (κ2) is 6.90. The van der Waals surface area contributed by atoms with Crippen LogP contribution in [0.3, 0.4) is 0 Å². The van der Waals surface area contributed by atoms with Gasteiger partial charge >= 0.3 is 0 Å². The van der Waals surface area contributed by atoms with Crippen LogP contribution >= 0.6 is 11.6 Å². The Morgan fingerprint density at radius 2 is 1.96 bits per heavy atom. The first-order chi connectivity index (χ1) is 12.3. The van der Waals surface area contributed by atoms with Crippen molar-refractivity contribution in [3.63, 3.8) is 0 Å². The third-order valence-electron chi connectivity index (χ3n) is 4.33. The molecule has 0 amide bonds. The standard InChI is InChI=1S/C18H19ClN2O4S/c1-4-10-8-12(18(24-3)14(9-10)26(20,22)23)17-15-13(25-21-17)7-6-11(5-2)16(15)19/h6-9H,4-5H2,1-3H3,(H2,20,22,23). The number of nitrogens with two attached hydrogens (primary N) is 1. The van der Waals surface area contributed by atoms with Crippen molar-refractivity contribution >= 4 is 32.6 Å². The van der Waals surface area contributed by atoms with Gasteiger partial charge in [0.15, 0.2) is 5.58 Å². The second-order valence-electron chi connectivity index (χ2n) is 5.87. The Hall–Kier alpha value is -2.09. The summed E-state index contributed by atoms with van der Waals surface area (Å²) in [5.41, 5.74) is 3.15. The lowest BCUT2D eigenvalue weighted by Crippen LogP contribution is -2.14. The average molecular weight is 395 g/mol. The number of sulfonamides is 1. The van der Waals surface area contributed by atoms with Crippen LogP contribution in [0.1, 0.15) is 25.0 Å². The molecule has 0 radical (unpaired) electrons. The van der Waals surface area contributed by atoms with E-state index in [2.05, 4.69) is 5.16 Å². The highest BCUT2D eigenvalue weighted by molar-refractivity contribution is 7.89. The first-order valence-corrected chi connectivity index (χ1v) is 10.0. The molecule has 0 spiro atoms. The molecule has 0 unspecified atom stereocenters. The quantitative estimate of drug-likeness (QED) is 0.707. The largest absolute Gasteiger partial charge is 0.495 e. The number of methoxy groups -OCH3 is 1. The number of aromatic nitrogens is 1. The highest BCUT2D eigenvalue weighted by Crippen LogP contribution is 2.42. The van der Waals surface area contributed by atoms with Crippen LogP contribution < -0.4 is 9.88 Å². The molecule has 3 aromatic rings. The number of hydrogen-bond donors (Lipinski definition) is 1. The van der Waals surface area contributed by atoms with Crippen LogP contribution in [0.25, 0.3) is 22.2 Å². The Morgan fingerprint density at radius 3 is 2.54 bits per heavy atom. The molecular formula is C18H19ClN2O4S. The van der Waals surface area contributed by atoms with Crippen molar-refractivity contribution in [1.29, 1.82) is 0 Å². The zero-order valence-corrected chi connectivity index (χ0v) is 16.2. The summed E-state index contributed by atoms with van der Waals surface area (Å²) < 4.78 is 34.9. The molecular weight excluding hydrogens is 376 g/mol. The monoisotopic (exact) mass is 394 g/mol. The highest BCUT2D eigenvalue weighted by Gasteiger charge is 2.25. The number of ether oxygens (including phenoxy) is 1. The van der Waals surface area contributed by atoms with Crippen LogP contribution in [0.2, 0.25) is 5.02 Å². The predicted molar refractivity (Wildman–Crippen MR) is 101 cm³/mol. The molecule has 0 saturated heterocycles. The van der Waals surface area contributed by atoms with Crippen molar-refractivity contribution in [2.45, 2.75) is 31.6 Å². The van der Waals surface area contributed by atoms with Gasteiger partial charge in [-0.3, -0.25) is 0 Å². The highest BCUT2D eigenvalue weighted by atomic mass is 35.5. The number of halogens is 1. The summed E-state index contributed by atoms with van der Waals surface area (Å²) in [4.78, 5) is -0.0896. The summed E-state index contributed by atoms with van der Waals surface area (Å²) in [6, 6.07) is 7.02. The molecule has 2 N–H and O–H groups in total. The molecule has 0 bridgehead atoms. The SMILES string of the molecule is CCc1cc(-c2noc3ccc(CC)c(Cl)c23)c(OC)c(S(N)(=O)=O)c1. The van der Waals surface area contributed by atoms with Crippen molar-refractivity contribution in [2.75, 3.05) is 7.11 Å². The van der Waals surface area contributed by atoms with Crippen LogP contribution in [-0.2, 0) is 22.9 Å². The lowest BCUT2D eigenvalue weighted by Gasteiger charge is -2.13. The Labute approximate surface area is 156 Å². The number of fused-ring (bicyclic) bond motifs is 1. The molecule has 1 aromatic heterocycles. The molecule has 0 saturated carbocycles. The number of benzene rings is 2. The van der Waals surface area contributed by atoms with E-state index in [4.69, 9.17) is 26.0 Å². The molecule has 1 heterocycles. The van der Waals surface area contributed by atoms with Gasteiger partial charge in [0.1, 0.15) is 16.3 Å². The van der Waals surface area contributed by atoms with E-state index in [9.17, 15) is 8.42 Å². The van der Waals surface area contributed by atoms with Crippen molar-refractivity contribution in [1.82, 2.24) is 5.16 Å². The summed E-state index contributed by atoms with van der Waals surface area (Å²) >= 11 is 6.55. The number of nitrogens with zero attached hydrogens (tertiary/aromatic N) is 1. The summed E-state index contributed by atoms with van der Waals surface area (Å²) in [6.45, 7) is 3.92. The second-order valence-corrected chi connectivity index (χ2v) is 7.78. The summed E-state index contributed by atoms with van der Waals surface area (Å²) in [5, 5.41) is 10.7. The fraction of sp³-hybridized carbons (Fsp3) is 0.278. The minimum atomic E-state index is -3.98. The van der Waals surface area contributed by atoms with Gasteiger partial charge in [0.05, 0.1) is 17.5 Å². The van der Waals surface area contributed by atoms with E-state index in [1.165, 1.54) is 13.2 Å². The normalized spacial score (nSPS) is 11.9. The van der Waals surface area contributed by atoms with E-state index in [1.54, 1.807) is 6.07 Å². The Balaban J connectivity index is 2.42. The van der Waals surface area contributed by atoms with Crippen LogP contribution in [-0.4, -0.2) is 20.7 Å². The molecule has 6 nitrogen and oxygen atoms in total. The van der Waals surface area contributed by atoms with E-state index in [0.717, 1.165) is 17.5 Å². The smallest absolute Gasteiger partial charge is 0.241 e. The number of aryl methyl sites for hydroxylation is 2. The van der Waals surface area contributed by atoms with Crippen LogP contribution in [0.5, 0.6) is 5.75 Å². The molecule has 0 aliphatic carbocycles. The fourth-order valence-corrected chi connectivity index (χ4v) is 4.10. The molecule has 3 rings (SSSR count). The summed E-state index contributed by atoms with van der Waals surface area (Å²) in [7, 11) is -2.59. The van der Waals surface area contributed by atoms with Gasteiger partial charge in [-0.15, -0.1) is 0 Å². The van der Waals surface area contributed by atoms with E-state index >= 15 is 0 Å². The van der Waals surface area contributed by atoms with Crippen LogP contribution in [0.4, 0.5) is 0 Å². The van der Waals surface area contributed by atoms with Crippen LogP contribution in [0.15, 0.2) is 33.7 Å². The number of rotatable bonds is 5. The van der Waals surface area contributed by atoms with Gasteiger partial charge in [0.25, 0.3) is 0 Å². The molecule has 8 heteroatoms. The molecule has 0 aliphatic rings. The van der Waals surface area contributed by atoms with Gasteiger partial charge in [0, 0.05) is 5.56 Å². The summed E-state index contributed by atoms with van der Waals surface area (Å²) in [6.07, 6.45) is 1.36. The minimum Gasteiger partial charge on any atom is -0.495 e. The van der Waals surface area contributed by atoms with E-state index in [-0.39, 0.29) is 10.6 Å². The number of primary sulfonamides is 1. The summed E-state index contributed by atoms with van der Waals surface area (Å²) in [5.74, 6) is 0.123. The first-order valence-electron chi connectivity index (χ1n) is 8.12. The van der Waals surface area contributed by atoms with Gasteiger partial charge in [-0.25, -0.2) is 13.6 Å².